The Morgan fingerprint density at radius 3 is 2.32 bits per heavy atom. The van der Waals surface area contributed by atoms with Gasteiger partial charge in [-0.25, -0.2) is 9.97 Å². The van der Waals surface area contributed by atoms with Crippen LogP contribution in [0.1, 0.15) is 31.4 Å². The standard InChI is InChI=1S/C40H34N6O/c1-25-24-39(2)30-15-9-10-16-31(30)46-36-35(41-20-21-42-36)45(26-12-6-5-7-13-26)38(46)40(39,3)37-43(4)22-23-44(37)33-27(25)18-19-29-28-14-8-11-17-32(28)47-34(29)33/h5-23,37-38H,1,24H2,2-4H3. The van der Waals surface area contributed by atoms with Gasteiger partial charge in [-0.1, -0.05) is 81.1 Å². The molecule has 0 amide bonds. The highest BCUT2D eigenvalue weighted by molar-refractivity contribution is 6.11. The summed E-state index contributed by atoms with van der Waals surface area (Å²) >= 11 is 0. The van der Waals surface area contributed by atoms with Crippen molar-refractivity contribution < 1.29 is 4.42 Å². The second-order valence-corrected chi connectivity index (χ2v) is 13.7. The first kappa shape index (κ1) is 26.6. The third-order valence-electron chi connectivity index (χ3n) is 11.5. The summed E-state index contributed by atoms with van der Waals surface area (Å²) in [5.41, 5.74) is 7.80. The zero-order chi connectivity index (χ0) is 31.7. The molecule has 0 fully saturated rings. The highest BCUT2D eigenvalue weighted by Gasteiger charge is 2.68. The van der Waals surface area contributed by atoms with Gasteiger partial charge in [0.05, 0.1) is 11.1 Å². The van der Waals surface area contributed by atoms with Crippen LogP contribution in [-0.2, 0) is 5.41 Å². The number of nitrogens with zero attached hydrogens (tertiary/aromatic N) is 6. The van der Waals surface area contributed by atoms with E-state index in [0.29, 0.717) is 0 Å². The van der Waals surface area contributed by atoms with E-state index < -0.39 is 5.41 Å². The van der Waals surface area contributed by atoms with Crippen molar-refractivity contribution >= 4 is 56.2 Å². The van der Waals surface area contributed by atoms with Crippen LogP contribution >= 0.6 is 0 Å². The quantitative estimate of drug-likeness (QED) is 0.183. The number of furan rings is 1. The van der Waals surface area contributed by atoms with Crippen molar-refractivity contribution in [1.82, 2.24) is 14.9 Å². The molecule has 0 bridgehead atoms. The molecule has 7 heteroatoms. The lowest BCUT2D eigenvalue weighted by atomic mass is 9.52. The summed E-state index contributed by atoms with van der Waals surface area (Å²) in [6.07, 6.45) is 8.57. The molecule has 4 aliphatic rings. The number of benzene rings is 4. The van der Waals surface area contributed by atoms with Crippen LogP contribution in [0.25, 0.3) is 27.5 Å². The molecule has 0 aliphatic carbocycles. The Labute approximate surface area is 273 Å². The molecule has 47 heavy (non-hydrogen) atoms. The summed E-state index contributed by atoms with van der Waals surface area (Å²) in [6.45, 7) is 9.76. The number of rotatable bonds is 1. The molecule has 2 aromatic heterocycles. The lowest BCUT2D eigenvalue weighted by molar-refractivity contribution is 0.0273. The van der Waals surface area contributed by atoms with Gasteiger partial charge in [-0.15, -0.1) is 0 Å². The summed E-state index contributed by atoms with van der Waals surface area (Å²) in [6, 6.07) is 32.3. The predicted molar refractivity (Wildman–Crippen MR) is 189 cm³/mol. The van der Waals surface area contributed by atoms with E-state index in [2.05, 4.69) is 138 Å². The highest BCUT2D eigenvalue weighted by Crippen LogP contribution is 2.67. The number of fused-ring (bicyclic) bond motifs is 16. The van der Waals surface area contributed by atoms with Crippen molar-refractivity contribution in [1.29, 1.82) is 0 Å². The largest absolute Gasteiger partial charge is 0.454 e. The Balaban J connectivity index is 1.31. The number of allylic oxidation sites excluding steroid dienone is 1. The van der Waals surface area contributed by atoms with E-state index in [1.165, 1.54) is 11.3 Å². The molecule has 0 saturated heterocycles. The van der Waals surface area contributed by atoms with Gasteiger partial charge in [0, 0.05) is 65.0 Å². The number of anilines is 5. The van der Waals surface area contributed by atoms with Crippen molar-refractivity contribution in [3.05, 3.63) is 133 Å². The van der Waals surface area contributed by atoms with E-state index in [1.54, 1.807) is 0 Å². The Bertz CT molecular complexity index is 2310. The van der Waals surface area contributed by atoms with Crippen LogP contribution in [0.15, 0.2) is 127 Å². The molecule has 4 aliphatic heterocycles. The van der Waals surface area contributed by atoms with Crippen molar-refractivity contribution in [2.24, 2.45) is 5.41 Å². The molecule has 6 aromatic rings. The predicted octanol–water partition coefficient (Wildman–Crippen LogP) is 8.94. The van der Waals surface area contributed by atoms with Crippen molar-refractivity contribution in [2.45, 2.75) is 38.0 Å². The molecule has 4 atom stereocenters. The van der Waals surface area contributed by atoms with E-state index in [9.17, 15) is 0 Å². The average molecular weight is 615 g/mol. The van der Waals surface area contributed by atoms with E-state index in [4.69, 9.17) is 21.0 Å². The molecule has 6 heterocycles. The van der Waals surface area contributed by atoms with Crippen molar-refractivity contribution in [2.75, 3.05) is 21.7 Å². The van der Waals surface area contributed by atoms with E-state index in [1.807, 2.05) is 18.5 Å². The van der Waals surface area contributed by atoms with Crippen LogP contribution in [0.5, 0.6) is 0 Å². The molecule has 10 rings (SSSR count). The average Bonchev–Trinajstić information content (AvgIpc) is 3.78. The van der Waals surface area contributed by atoms with Gasteiger partial charge < -0.3 is 24.0 Å². The minimum atomic E-state index is -0.466. The first-order valence-electron chi connectivity index (χ1n) is 16.3. The molecule has 0 radical (unpaired) electrons. The molecular weight excluding hydrogens is 580 g/mol. The van der Waals surface area contributed by atoms with Gasteiger partial charge in [0.25, 0.3) is 0 Å². The molecule has 0 spiro atoms. The summed E-state index contributed by atoms with van der Waals surface area (Å²) in [5.74, 6) is 1.74. The van der Waals surface area contributed by atoms with Crippen LogP contribution in [0.3, 0.4) is 0 Å². The zero-order valence-electron chi connectivity index (χ0n) is 26.6. The third kappa shape index (κ3) is 3.16. The van der Waals surface area contributed by atoms with Crippen LogP contribution in [0.2, 0.25) is 0 Å². The van der Waals surface area contributed by atoms with Gasteiger partial charge in [0.2, 0.25) is 0 Å². The Morgan fingerprint density at radius 2 is 1.49 bits per heavy atom. The second-order valence-electron chi connectivity index (χ2n) is 13.7. The van der Waals surface area contributed by atoms with E-state index in [0.717, 1.165) is 62.5 Å². The van der Waals surface area contributed by atoms with Gasteiger partial charge in [-0.2, -0.15) is 0 Å². The first-order chi connectivity index (χ1) is 22.9. The van der Waals surface area contributed by atoms with Gasteiger partial charge in [0.15, 0.2) is 17.2 Å². The van der Waals surface area contributed by atoms with Crippen molar-refractivity contribution in [3.63, 3.8) is 0 Å². The van der Waals surface area contributed by atoms with Gasteiger partial charge in [0.1, 0.15) is 17.9 Å². The van der Waals surface area contributed by atoms with Crippen LogP contribution in [0, 0.1) is 5.41 Å². The van der Waals surface area contributed by atoms with Gasteiger partial charge in [-0.05, 0) is 47.9 Å². The first-order valence-corrected chi connectivity index (χ1v) is 16.3. The fourth-order valence-electron chi connectivity index (χ4n) is 9.36. The Hall–Kier alpha value is -5.56. The maximum absolute atomic E-state index is 6.74. The minimum Gasteiger partial charge on any atom is -0.454 e. The lowest BCUT2D eigenvalue weighted by Crippen LogP contribution is -2.71. The second kappa shape index (κ2) is 9.04. The monoisotopic (exact) mass is 614 g/mol. The lowest BCUT2D eigenvalue weighted by Gasteiger charge is -2.63. The van der Waals surface area contributed by atoms with E-state index >= 15 is 0 Å². The number of hydrogen-bond donors (Lipinski definition) is 0. The summed E-state index contributed by atoms with van der Waals surface area (Å²) in [4.78, 5) is 19.8. The third-order valence-corrected chi connectivity index (χ3v) is 11.5. The maximum atomic E-state index is 6.74. The maximum Gasteiger partial charge on any atom is 0.178 e. The summed E-state index contributed by atoms with van der Waals surface area (Å²) in [7, 11) is 2.21. The normalized spacial score (nSPS) is 25.6. The number of aromatic nitrogens is 2. The molecule has 0 N–H and O–H groups in total. The fourth-order valence-corrected chi connectivity index (χ4v) is 9.36. The SMILES string of the molecule is C=C1CC2(C)c3ccccc3N3c4nccnc4N(c4ccccc4)C3C2(C)C2N(C)C=CN2c2c1ccc1c2oc2ccccc21. The van der Waals surface area contributed by atoms with Crippen LogP contribution in [-0.4, -0.2) is 34.2 Å². The molecule has 4 unspecified atom stereocenters. The molecular formula is C40H34N6O. The van der Waals surface area contributed by atoms with Crippen LogP contribution < -0.4 is 14.7 Å². The van der Waals surface area contributed by atoms with Crippen molar-refractivity contribution in [3.8, 4) is 0 Å². The molecule has 4 aromatic carbocycles. The molecule has 230 valence electrons. The smallest absolute Gasteiger partial charge is 0.178 e. The van der Waals surface area contributed by atoms with Crippen LogP contribution in [0.4, 0.5) is 28.7 Å². The van der Waals surface area contributed by atoms with Gasteiger partial charge >= 0.3 is 0 Å². The summed E-state index contributed by atoms with van der Waals surface area (Å²) < 4.78 is 6.74. The Morgan fingerprint density at radius 1 is 0.766 bits per heavy atom. The molecule has 0 saturated carbocycles. The minimum absolute atomic E-state index is 0.0976. The van der Waals surface area contributed by atoms with Gasteiger partial charge in [-0.3, -0.25) is 0 Å². The summed E-state index contributed by atoms with van der Waals surface area (Å²) in [5, 5.41) is 2.24. The Kier molecular flexibility index (Phi) is 5.12. The molecule has 7 nitrogen and oxygen atoms in total. The zero-order valence-corrected chi connectivity index (χ0v) is 26.6. The number of hydrogen-bond acceptors (Lipinski definition) is 7. The van der Waals surface area contributed by atoms with E-state index in [-0.39, 0.29) is 17.7 Å². The number of para-hydroxylation sites is 3. The topological polar surface area (TPSA) is 51.9 Å². The highest BCUT2D eigenvalue weighted by atomic mass is 16.3. The fraction of sp³-hybridized carbons (Fsp3) is 0.200.